The molecule has 0 spiro atoms. The molecule has 0 aromatic heterocycles. The Labute approximate surface area is 120 Å². The zero-order valence-corrected chi connectivity index (χ0v) is 12.2. The van der Waals surface area contributed by atoms with Gasteiger partial charge in [-0.25, -0.2) is 0 Å². The van der Waals surface area contributed by atoms with Gasteiger partial charge in [0.15, 0.2) is 0 Å². The number of rotatable bonds is 9. The SMILES string of the molecule is CCCOCCOC(C)C(=O)Nc1ccccc1CN. The normalized spacial score (nSPS) is 12.2. The van der Waals surface area contributed by atoms with Crippen LogP contribution >= 0.6 is 0 Å². The zero-order chi connectivity index (χ0) is 14.8. The summed E-state index contributed by atoms with van der Waals surface area (Å²) < 4.78 is 10.7. The van der Waals surface area contributed by atoms with Crippen LogP contribution in [0.2, 0.25) is 0 Å². The second kappa shape index (κ2) is 9.47. The van der Waals surface area contributed by atoms with Crippen LogP contribution in [0, 0.1) is 0 Å². The van der Waals surface area contributed by atoms with Gasteiger partial charge in [0.05, 0.1) is 13.2 Å². The molecule has 5 nitrogen and oxygen atoms in total. The maximum atomic E-state index is 12.0. The topological polar surface area (TPSA) is 73.6 Å². The number of carbonyl (C=O) groups is 1. The molecule has 0 aliphatic heterocycles. The van der Waals surface area contributed by atoms with Crippen LogP contribution in [0.3, 0.4) is 0 Å². The van der Waals surface area contributed by atoms with E-state index >= 15 is 0 Å². The van der Waals surface area contributed by atoms with Crippen LogP contribution in [0.25, 0.3) is 0 Å². The predicted octanol–water partition coefficient (Wildman–Crippen LogP) is 1.92. The maximum absolute atomic E-state index is 12.0. The van der Waals surface area contributed by atoms with E-state index in [0.29, 0.717) is 26.4 Å². The van der Waals surface area contributed by atoms with E-state index in [9.17, 15) is 4.79 Å². The average Bonchev–Trinajstić information content (AvgIpc) is 2.47. The molecule has 0 radical (unpaired) electrons. The Morgan fingerprint density at radius 3 is 2.75 bits per heavy atom. The minimum absolute atomic E-state index is 0.179. The number of benzene rings is 1. The summed E-state index contributed by atoms with van der Waals surface area (Å²) in [5.41, 5.74) is 7.27. The van der Waals surface area contributed by atoms with Crippen molar-refractivity contribution in [3.05, 3.63) is 29.8 Å². The van der Waals surface area contributed by atoms with Gasteiger partial charge in [0.25, 0.3) is 5.91 Å². The molecule has 1 unspecified atom stereocenters. The molecule has 1 aromatic rings. The standard InChI is InChI=1S/C15H24N2O3/c1-3-8-19-9-10-20-12(2)15(18)17-14-7-5-4-6-13(14)11-16/h4-7,12H,3,8-11,16H2,1-2H3,(H,17,18). The highest BCUT2D eigenvalue weighted by atomic mass is 16.5. The number of nitrogens with two attached hydrogens (primary N) is 1. The van der Waals surface area contributed by atoms with Gasteiger partial charge in [0.2, 0.25) is 0 Å². The molecule has 0 saturated carbocycles. The molecule has 0 aliphatic carbocycles. The smallest absolute Gasteiger partial charge is 0.253 e. The highest BCUT2D eigenvalue weighted by Crippen LogP contribution is 2.14. The molecule has 0 fully saturated rings. The van der Waals surface area contributed by atoms with Gasteiger partial charge in [-0.2, -0.15) is 0 Å². The minimum Gasteiger partial charge on any atom is -0.379 e. The molecule has 1 amide bonds. The summed E-state index contributed by atoms with van der Waals surface area (Å²) in [6, 6.07) is 7.47. The number of ether oxygens (including phenoxy) is 2. The van der Waals surface area contributed by atoms with Crippen LogP contribution in [0.5, 0.6) is 0 Å². The van der Waals surface area contributed by atoms with Gasteiger partial charge >= 0.3 is 0 Å². The van der Waals surface area contributed by atoms with E-state index in [1.54, 1.807) is 6.92 Å². The largest absolute Gasteiger partial charge is 0.379 e. The van der Waals surface area contributed by atoms with Gasteiger partial charge in [-0.05, 0) is 25.0 Å². The van der Waals surface area contributed by atoms with Crippen molar-refractivity contribution in [2.45, 2.75) is 32.9 Å². The van der Waals surface area contributed by atoms with Crippen LogP contribution in [0.4, 0.5) is 5.69 Å². The lowest BCUT2D eigenvalue weighted by Gasteiger charge is -2.15. The number of hydrogen-bond acceptors (Lipinski definition) is 4. The fourth-order valence-corrected chi connectivity index (χ4v) is 1.66. The number of amides is 1. The summed E-state index contributed by atoms with van der Waals surface area (Å²) in [6.45, 7) is 5.79. The third kappa shape index (κ3) is 5.69. The van der Waals surface area contributed by atoms with E-state index in [1.807, 2.05) is 31.2 Å². The third-order valence-electron chi connectivity index (χ3n) is 2.81. The van der Waals surface area contributed by atoms with E-state index in [0.717, 1.165) is 17.7 Å². The maximum Gasteiger partial charge on any atom is 0.253 e. The number of hydrogen-bond donors (Lipinski definition) is 2. The van der Waals surface area contributed by atoms with Crippen LogP contribution in [0.1, 0.15) is 25.8 Å². The lowest BCUT2D eigenvalue weighted by atomic mass is 10.1. The summed E-state index contributed by atoms with van der Waals surface area (Å²) in [6.07, 6.45) is 0.456. The van der Waals surface area contributed by atoms with Crippen LogP contribution < -0.4 is 11.1 Å². The summed E-state index contributed by atoms with van der Waals surface area (Å²) in [7, 11) is 0. The summed E-state index contributed by atoms with van der Waals surface area (Å²) in [5, 5.41) is 2.83. The first kappa shape index (κ1) is 16.6. The quantitative estimate of drug-likeness (QED) is 0.678. The Morgan fingerprint density at radius 2 is 2.05 bits per heavy atom. The van der Waals surface area contributed by atoms with Gasteiger partial charge in [0.1, 0.15) is 6.10 Å². The Bertz CT molecular complexity index is 410. The minimum atomic E-state index is -0.522. The predicted molar refractivity (Wildman–Crippen MR) is 79.5 cm³/mol. The molecular weight excluding hydrogens is 256 g/mol. The van der Waals surface area contributed by atoms with Crippen molar-refractivity contribution in [3.63, 3.8) is 0 Å². The molecule has 1 aromatic carbocycles. The third-order valence-corrected chi connectivity index (χ3v) is 2.81. The van der Waals surface area contributed by atoms with Crippen LogP contribution in [0.15, 0.2) is 24.3 Å². The highest BCUT2D eigenvalue weighted by molar-refractivity contribution is 5.94. The molecular formula is C15H24N2O3. The highest BCUT2D eigenvalue weighted by Gasteiger charge is 2.14. The molecule has 0 saturated heterocycles. The molecule has 1 rings (SSSR count). The van der Waals surface area contributed by atoms with Crippen molar-refractivity contribution in [2.24, 2.45) is 5.73 Å². The zero-order valence-electron chi connectivity index (χ0n) is 12.2. The van der Waals surface area contributed by atoms with Crippen LogP contribution in [-0.4, -0.2) is 31.8 Å². The molecule has 112 valence electrons. The average molecular weight is 280 g/mol. The number of carbonyl (C=O) groups excluding carboxylic acids is 1. The van der Waals surface area contributed by atoms with E-state index in [-0.39, 0.29) is 5.91 Å². The number of para-hydroxylation sites is 1. The Kier molecular flexibility index (Phi) is 7.87. The second-order valence-electron chi connectivity index (χ2n) is 4.48. The Hall–Kier alpha value is -1.43. The summed E-state index contributed by atoms with van der Waals surface area (Å²) in [5.74, 6) is -0.179. The Morgan fingerprint density at radius 1 is 1.30 bits per heavy atom. The van der Waals surface area contributed by atoms with E-state index in [1.165, 1.54) is 0 Å². The van der Waals surface area contributed by atoms with Crippen molar-refractivity contribution in [3.8, 4) is 0 Å². The van der Waals surface area contributed by atoms with E-state index in [2.05, 4.69) is 5.32 Å². The van der Waals surface area contributed by atoms with Gasteiger partial charge in [0, 0.05) is 18.8 Å². The first-order valence-corrected chi connectivity index (χ1v) is 6.97. The number of anilines is 1. The number of nitrogens with one attached hydrogen (secondary N) is 1. The van der Waals surface area contributed by atoms with E-state index < -0.39 is 6.10 Å². The molecule has 0 bridgehead atoms. The van der Waals surface area contributed by atoms with Gasteiger partial charge in [-0.1, -0.05) is 25.1 Å². The van der Waals surface area contributed by atoms with Crippen molar-refractivity contribution < 1.29 is 14.3 Å². The monoisotopic (exact) mass is 280 g/mol. The van der Waals surface area contributed by atoms with Crippen LogP contribution in [-0.2, 0) is 20.8 Å². The molecule has 5 heteroatoms. The van der Waals surface area contributed by atoms with Gasteiger partial charge in [-0.3, -0.25) is 4.79 Å². The molecule has 0 aliphatic rings. The lowest BCUT2D eigenvalue weighted by Crippen LogP contribution is -2.29. The first-order valence-electron chi connectivity index (χ1n) is 6.97. The summed E-state index contributed by atoms with van der Waals surface area (Å²) >= 11 is 0. The van der Waals surface area contributed by atoms with Gasteiger partial charge < -0.3 is 20.5 Å². The molecule has 3 N–H and O–H groups in total. The molecule has 1 atom stereocenters. The van der Waals surface area contributed by atoms with Gasteiger partial charge in [-0.15, -0.1) is 0 Å². The summed E-state index contributed by atoms with van der Waals surface area (Å²) in [4.78, 5) is 12.0. The fourth-order valence-electron chi connectivity index (χ4n) is 1.66. The molecule has 20 heavy (non-hydrogen) atoms. The lowest BCUT2D eigenvalue weighted by molar-refractivity contribution is -0.127. The molecule has 0 heterocycles. The van der Waals surface area contributed by atoms with Crippen molar-refractivity contribution in [2.75, 3.05) is 25.1 Å². The van der Waals surface area contributed by atoms with E-state index in [4.69, 9.17) is 15.2 Å². The van der Waals surface area contributed by atoms with Crippen molar-refractivity contribution in [1.82, 2.24) is 0 Å². The second-order valence-corrected chi connectivity index (χ2v) is 4.48. The first-order chi connectivity index (χ1) is 9.69. The van der Waals surface area contributed by atoms with Crippen molar-refractivity contribution >= 4 is 11.6 Å². The fraction of sp³-hybridized carbons (Fsp3) is 0.533. The van der Waals surface area contributed by atoms with Crippen molar-refractivity contribution in [1.29, 1.82) is 0 Å². The Balaban J connectivity index is 2.37.